The van der Waals surface area contributed by atoms with Crippen LogP contribution in [0.15, 0.2) is 22.8 Å². The van der Waals surface area contributed by atoms with Crippen LogP contribution >= 0.6 is 15.9 Å². The van der Waals surface area contributed by atoms with Crippen LogP contribution in [-0.4, -0.2) is 52.9 Å². The molecule has 1 saturated carbocycles. The molecule has 3 rings (SSSR count). The molecule has 0 spiro atoms. The molecule has 8 heteroatoms. The van der Waals surface area contributed by atoms with Gasteiger partial charge in [-0.2, -0.15) is 0 Å². The van der Waals surface area contributed by atoms with Gasteiger partial charge in [-0.15, -0.1) is 0 Å². The van der Waals surface area contributed by atoms with E-state index in [0.29, 0.717) is 24.4 Å². The van der Waals surface area contributed by atoms with Gasteiger partial charge in [-0.25, -0.2) is 19.5 Å². The Morgan fingerprint density at radius 1 is 1.14 bits per heavy atom. The van der Waals surface area contributed by atoms with Crippen molar-refractivity contribution in [3.63, 3.8) is 0 Å². The number of anilines is 1. The highest BCUT2D eigenvalue weighted by Crippen LogP contribution is 2.52. The van der Waals surface area contributed by atoms with Crippen molar-refractivity contribution in [3.8, 4) is 0 Å². The molecule has 2 unspecified atom stereocenters. The van der Waals surface area contributed by atoms with Crippen molar-refractivity contribution in [2.45, 2.75) is 52.7 Å². The zero-order valence-electron chi connectivity index (χ0n) is 17.9. The van der Waals surface area contributed by atoms with Crippen LogP contribution < -0.4 is 4.90 Å². The summed E-state index contributed by atoms with van der Waals surface area (Å²) in [6, 6.07) is 4.00. The normalized spacial score (nSPS) is 23.4. The summed E-state index contributed by atoms with van der Waals surface area (Å²) in [4.78, 5) is 33.0. The van der Waals surface area contributed by atoms with Crippen molar-refractivity contribution in [3.05, 3.63) is 22.8 Å². The molecule has 1 aromatic rings. The second kappa shape index (κ2) is 7.78. The lowest BCUT2D eigenvalue weighted by Gasteiger charge is -2.34. The van der Waals surface area contributed by atoms with Gasteiger partial charge in [-0.3, -0.25) is 0 Å². The second-order valence-electron chi connectivity index (χ2n) is 9.79. The minimum Gasteiger partial charge on any atom is -0.449 e. The summed E-state index contributed by atoms with van der Waals surface area (Å²) in [5.41, 5.74) is -1.41. The minimum atomic E-state index is -0.733. The molecular weight excluding hydrogens is 438 g/mol. The summed E-state index contributed by atoms with van der Waals surface area (Å²) >= 11 is 3.40. The Balaban J connectivity index is 1.52. The van der Waals surface area contributed by atoms with Gasteiger partial charge in [0.15, 0.2) is 0 Å². The van der Waals surface area contributed by atoms with E-state index in [1.807, 2.05) is 12.1 Å². The Bertz CT molecular complexity index is 758. The maximum atomic E-state index is 12.7. The summed E-state index contributed by atoms with van der Waals surface area (Å²) in [7, 11) is 0. The number of amides is 2. The van der Waals surface area contributed by atoms with E-state index in [1.165, 1.54) is 0 Å². The van der Waals surface area contributed by atoms with E-state index in [2.05, 4.69) is 25.8 Å². The van der Waals surface area contributed by atoms with Crippen LogP contribution in [0.3, 0.4) is 0 Å². The summed E-state index contributed by atoms with van der Waals surface area (Å²) in [5, 5.41) is 0. The van der Waals surface area contributed by atoms with Gasteiger partial charge >= 0.3 is 12.2 Å². The number of imide groups is 1. The van der Waals surface area contributed by atoms with Gasteiger partial charge in [0.25, 0.3) is 0 Å². The lowest BCUT2D eigenvalue weighted by molar-refractivity contribution is 0.00340. The van der Waals surface area contributed by atoms with Gasteiger partial charge in [-0.05, 0) is 81.4 Å². The van der Waals surface area contributed by atoms with E-state index in [1.54, 1.807) is 47.7 Å². The molecule has 2 amide bonds. The van der Waals surface area contributed by atoms with Crippen LogP contribution in [0.5, 0.6) is 0 Å². The van der Waals surface area contributed by atoms with E-state index in [-0.39, 0.29) is 0 Å². The number of ether oxygens (including phenoxy) is 2. The summed E-state index contributed by atoms with van der Waals surface area (Å²) in [5.74, 6) is 2.31. The summed E-state index contributed by atoms with van der Waals surface area (Å²) < 4.78 is 11.9. The Hall–Kier alpha value is -1.83. The average Bonchev–Trinajstić information content (AvgIpc) is 3.00. The number of carbonyl (C=O) groups is 2. The van der Waals surface area contributed by atoms with Crippen molar-refractivity contribution in [1.29, 1.82) is 0 Å². The van der Waals surface area contributed by atoms with Gasteiger partial charge in [0, 0.05) is 35.2 Å². The number of hydrogen-bond acceptors (Lipinski definition) is 6. The zero-order chi connectivity index (χ0) is 21.6. The number of carbonyl (C=O) groups excluding carboxylic acids is 2. The maximum absolute atomic E-state index is 12.7. The number of aromatic nitrogens is 1. The minimum absolute atomic E-state index is 0.325. The summed E-state index contributed by atoms with van der Waals surface area (Å²) in [6.45, 7) is 12.8. The van der Waals surface area contributed by atoms with E-state index in [4.69, 9.17) is 9.47 Å². The molecule has 1 aliphatic heterocycles. The van der Waals surface area contributed by atoms with Crippen LogP contribution in [-0.2, 0) is 9.47 Å². The molecule has 2 atom stereocenters. The van der Waals surface area contributed by atoms with E-state index >= 15 is 0 Å². The third kappa shape index (κ3) is 5.21. The molecule has 2 heterocycles. The third-order valence-electron chi connectivity index (χ3n) is 5.24. The van der Waals surface area contributed by atoms with Gasteiger partial charge < -0.3 is 14.4 Å². The number of fused-ring (bicyclic) bond motifs is 1. The Labute approximate surface area is 180 Å². The van der Waals surface area contributed by atoms with Crippen LogP contribution in [0.2, 0.25) is 0 Å². The molecule has 7 nitrogen and oxygen atoms in total. The average molecular weight is 468 g/mol. The first-order valence-corrected chi connectivity index (χ1v) is 10.7. The molecule has 2 fully saturated rings. The quantitative estimate of drug-likeness (QED) is 0.641. The van der Waals surface area contributed by atoms with Crippen molar-refractivity contribution >= 4 is 33.9 Å². The maximum Gasteiger partial charge on any atom is 0.420 e. The van der Waals surface area contributed by atoms with Crippen LogP contribution in [0.25, 0.3) is 0 Å². The molecule has 0 radical (unpaired) electrons. The number of nitrogens with zero attached hydrogens (tertiary/aromatic N) is 3. The first kappa shape index (κ1) is 21.9. The van der Waals surface area contributed by atoms with E-state index < -0.39 is 23.3 Å². The van der Waals surface area contributed by atoms with Crippen LogP contribution in [0, 0.1) is 17.8 Å². The Morgan fingerprint density at radius 2 is 1.76 bits per heavy atom. The molecule has 2 aliphatic rings. The molecule has 1 saturated heterocycles. The summed E-state index contributed by atoms with van der Waals surface area (Å²) in [6.07, 6.45) is 0.470. The Morgan fingerprint density at radius 3 is 2.24 bits per heavy atom. The lowest BCUT2D eigenvalue weighted by Crippen LogP contribution is -2.51. The molecule has 160 valence electrons. The van der Waals surface area contributed by atoms with Gasteiger partial charge in [0.1, 0.15) is 11.4 Å². The second-order valence-corrected chi connectivity index (χ2v) is 10.7. The third-order valence-corrected chi connectivity index (χ3v) is 5.70. The largest absolute Gasteiger partial charge is 0.449 e. The van der Waals surface area contributed by atoms with Gasteiger partial charge in [0.05, 0.1) is 6.61 Å². The molecule has 1 aliphatic carbocycles. The molecular formula is C21H30BrN3O4. The molecule has 0 N–H and O–H groups in total. The topological polar surface area (TPSA) is 72.0 Å². The van der Waals surface area contributed by atoms with Crippen LogP contribution in [0.1, 0.15) is 41.5 Å². The predicted molar refractivity (Wildman–Crippen MR) is 114 cm³/mol. The van der Waals surface area contributed by atoms with Crippen molar-refractivity contribution in [2.75, 3.05) is 24.6 Å². The Kier molecular flexibility index (Phi) is 5.87. The highest BCUT2D eigenvalue weighted by Gasteiger charge is 2.56. The monoisotopic (exact) mass is 467 g/mol. The zero-order valence-corrected chi connectivity index (χ0v) is 19.5. The molecule has 1 aromatic heterocycles. The van der Waals surface area contributed by atoms with Crippen molar-refractivity contribution in [1.82, 2.24) is 9.88 Å². The molecule has 0 bridgehead atoms. The lowest BCUT2D eigenvalue weighted by atomic mass is 10.1. The van der Waals surface area contributed by atoms with E-state index in [0.717, 1.165) is 28.3 Å². The first-order valence-electron chi connectivity index (χ1n) is 9.93. The SMILES string of the molecule is CC(C)(C)OC(=O)N(C(=O)OCC1C2CN(c3ccc(Br)cn3)CC12)C(C)(C)C. The number of pyridine rings is 1. The fourth-order valence-corrected chi connectivity index (χ4v) is 4.04. The smallest absolute Gasteiger partial charge is 0.420 e. The van der Waals surface area contributed by atoms with Crippen molar-refractivity contribution < 1.29 is 19.1 Å². The van der Waals surface area contributed by atoms with E-state index in [9.17, 15) is 9.59 Å². The number of rotatable bonds is 3. The highest BCUT2D eigenvalue weighted by atomic mass is 79.9. The van der Waals surface area contributed by atoms with Gasteiger partial charge in [0.2, 0.25) is 0 Å². The number of piperidine rings is 1. The highest BCUT2D eigenvalue weighted by molar-refractivity contribution is 9.10. The standard InChI is InChI=1S/C21H30BrN3O4/c1-20(2,3)25(19(27)29-21(4,5)6)18(26)28-12-16-14-10-24(11-15(14)16)17-8-7-13(22)9-23-17/h7-9,14-16H,10-12H2,1-6H3. The molecule has 29 heavy (non-hydrogen) atoms. The van der Waals surface area contributed by atoms with Crippen LogP contribution in [0.4, 0.5) is 15.4 Å². The number of hydrogen-bond donors (Lipinski definition) is 0. The first-order chi connectivity index (χ1) is 13.4. The fraction of sp³-hybridized carbons (Fsp3) is 0.667. The van der Waals surface area contributed by atoms with Gasteiger partial charge in [-0.1, -0.05) is 0 Å². The van der Waals surface area contributed by atoms with Crippen molar-refractivity contribution in [2.24, 2.45) is 17.8 Å². The predicted octanol–water partition coefficient (Wildman–Crippen LogP) is 4.70. The number of halogens is 1. The molecule has 0 aromatic carbocycles. The fourth-order valence-electron chi connectivity index (χ4n) is 3.80.